The molecule has 0 aliphatic heterocycles. The molecule has 0 saturated heterocycles. The number of fused-ring (bicyclic) bond motifs is 1. The van der Waals surface area contributed by atoms with Gasteiger partial charge in [-0.3, -0.25) is 19.0 Å². The Bertz CT molecular complexity index is 775. The zero-order valence-electron chi connectivity index (χ0n) is 11.0. The van der Waals surface area contributed by atoms with Crippen LogP contribution in [0, 0.1) is 13.8 Å². The van der Waals surface area contributed by atoms with Crippen LogP contribution >= 0.6 is 11.3 Å². The second-order valence-electron chi connectivity index (χ2n) is 4.36. The van der Waals surface area contributed by atoms with Gasteiger partial charge in [-0.05, 0) is 19.4 Å². The van der Waals surface area contributed by atoms with Crippen molar-refractivity contribution in [3.05, 3.63) is 26.6 Å². The van der Waals surface area contributed by atoms with Crippen molar-refractivity contribution < 1.29 is 14.7 Å². The molecule has 0 aromatic carbocycles. The minimum atomic E-state index is -0.990. The smallest absolute Gasteiger partial charge is 0.305 e. The van der Waals surface area contributed by atoms with Crippen molar-refractivity contribution in [1.82, 2.24) is 9.55 Å². The maximum atomic E-state index is 12.4. The minimum Gasteiger partial charge on any atom is -0.481 e. The van der Waals surface area contributed by atoms with Crippen LogP contribution in [0.15, 0.2) is 4.79 Å². The molecule has 3 N–H and O–H groups in total. The van der Waals surface area contributed by atoms with Gasteiger partial charge in [-0.15, -0.1) is 11.3 Å². The number of carboxylic acid groups (broad SMARTS) is 1. The predicted molar refractivity (Wildman–Crippen MR) is 74.1 cm³/mol. The summed E-state index contributed by atoms with van der Waals surface area (Å²) in [6.45, 7) is 3.31. The van der Waals surface area contributed by atoms with Crippen LogP contribution in [0.25, 0.3) is 10.2 Å². The molecule has 0 bridgehead atoms. The number of aromatic nitrogens is 2. The lowest BCUT2D eigenvalue weighted by atomic mass is 10.2. The Morgan fingerprint density at radius 2 is 2.05 bits per heavy atom. The van der Waals surface area contributed by atoms with Gasteiger partial charge in [0.2, 0.25) is 0 Å². The number of amides is 1. The summed E-state index contributed by atoms with van der Waals surface area (Å²) in [6, 6.07) is 0. The molecule has 2 rings (SSSR count). The molecular weight excluding hydrogens is 282 g/mol. The van der Waals surface area contributed by atoms with E-state index in [0.717, 1.165) is 11.3 Å². The largest absolute Gasteiger partial charge is 0.481 e. The van der Waals surface area contributed by atoms with E-state index in [9.17, 15) is 14.4 Å². The molecule has 0 saturated carbocycles. The van der Waals surface area contributed by atoms with Crippen molar-refractivity contribution in [2.45, 2.75) is 26.8 Å². The third-order valence-electron chi connectivity index (χ3n) is 3.01. The number of hydrogen-bond acceptors (Lipinski definition) is 5. The number of aliphatic carboxylic acids is 1. The summed E-state index contributed by atoms with van der Waals surface area (Å²) >= 11 is 1.08. The molecule has 8 heteroatoms. The van der Waals surface area contributed by atoms with Crippen LogP contribution in [0.1, 0.15) is 27.5 Å². The number of thiophene rings is 1. The van der Waals surface area contributed by atoms with Crippen LogP contribution < -0.4 is 11.3 Å². The first-order chi connectivity index (χ1) is 9.32. The Labute approximate surface area is 117 Å². The van der Waals surface area contributed by atoms with Gasteiger partial charge >= 0.3 is 5.97 Å². The van der Waals surface area contributed by atoms with Gasteiger partial charge in [0.1, 0.15) is 10.7 Å². The van der Waals surface area contributed by atoms with E-state index >= 15 is 0 Å². The lowest BCUT2D eigenvalue weighted by molar-refractivity contribution is -0.137. The lowest BCUT2D eigenvalue weighted by Gasteiger charge is -2.07. The number of nitrogens with two attached hydrogens (primary N) is 1. The molecule has 0 atom stereocenters. The number of carboxylic acids is 1. The summed E-state index contributed by atoms with van der Waals surface area (Å²) < 4.78 is 1.31. The highest BCUT2D eigenvalue weighted by molar-refractivity contribution is 7.20. The molecule has 0 fully saturated rings. The van der Waals surface area contributed by atoms with Crippen LogP contribution in [0.4, 0.5) is 0 Å². The number of rotatable bonds is 4. The molecule has 106 valence electrons. The number of carbonyl (C=O) groups is 2. The van der Waals surface area contributed by atoms with E-state index < -0.39 is 11.9 Å². The summed E-state index contributed by atoms with van der Waals surface area (Å²) in [5, 5.41) is 9.04. The summed E-state index contributed by atoms with van der Waals surface area (Å²) in [5.74, 6) is -1.17. The zero-order chi connectivity index (χ0) is 15.0. The number of carbonyl (C=O) groups excluding carboxylic acids is 1. The molecule has 0 aliphatic rings. The monoisotopic (exact) mass is 295 g/mol. The van der Waals surface area contributed by atoms with E-state index in [4.69, 9.17) is 10.8 Å². The number of aryl methyl sites for hydroxylation is 2. The average Bonchev–Trinajstić information content (AvgIpc) is 2.65. The van der Waals surface area contributed by atoms with Crippen LogP contribution in [0.5, 0.6) is 0 Å². The molecule has 7 nitrogen and oxygen atoms in total. The minimum absolute atomic E-state index is 0.0458. The number of hydrogen-bond donors (Lipinski definition) is 2. The standard InChI is InChI=1S/C12H13N3O4S/c1-5-8-11(20-9(5)10(13)18)14-6(2)15(12(8)19)4-3-7(16)17/h3-4H2,1-2H3,(H2,13,18)(H,16,17). The quantitative estimate of drug-likeness (QED) is 0.859. The summed E-state index contributed by atoms with van der Waals surface area (Å²) in [5.41, 5.74) is 5.42. The van der Waals surface area contributed by atoms with Crippen LogP contribution in [0.2, 0.25) is 0 Å². The molecule has 0 spiro atoms. The van der Waals surface area contributed by atoms with Gasteiger partial charge in [0, 0.05) is 6.54 Å². The van der Waals surface area contributed by atoms with Gasteiger partial charge < -0.3 is 10.8 Å². The first-order valence-electron chi connectivity index (χ1n) is 5.85. The molecule has 0 aliphatic carbocycles. The maximum absolute atomic E-state index is 12.4. The highest BCUT2D eigenvalue weighted by Gasteiger charge is 2.19. The van der Waals surface area contributed by atoms with Crippen LogP contribution in [-0.2, 0) is 11.3 Å². The van der Waals surface area contributed by atoms with E-state index in [-0.39, 0.29) is 18.5 Å². The van der Waals surface area contributed by atoms with Crippen molar-refractivity contribution in [2.75, 3.05) is 0 Å². The van der Waals surface area contributed by atoms with Crippen molar-refractivity contribution in [2.24, 2.45) is 5.73 Å². The molecule has 2 heterocycles. The fourth-order valence-electron chi connectivity index (χ4n) is 2.02. The summed E-state index contributed by atoms with van der Waals surface area (Å²) in [4.78, 5) is 39.3. The van der Waals surface area contributed by atoms with Crippen molar-refractivity contribution >= 4 is 33.4 Å². The van der Waals surface area contributed by atoms with E-state index in [1.54, 1.807) is 13.8 Å². The van der Waals surface area contributed by atoms with Crippen molar-refractivity contribution in [1.29, 1.82) is 0 Å². The summed E-state index contributed by atoms with van der Waals surface area (Å²) in [6.07, 6.45) is -0.167. The predicted octanol–water partition coefficient (Wildman–Crippen LogP) is 0.648. The fraction of sp³-hybridized carbons (Fsp3) is 0.333. The first kappa shape index (κ1) is 14.2. The highest BCUT2D eigenvalue weighted by atomic mass is 32.1. The van der Waals surface area contributed by atoms with Gasteiger partial charge in [0.25, 0.3) is 11.5 Å². The van der Waals surface area contributed by atoms with Crippen molar-refractivity contribution in [3.8, 4) is 0 Å². The Hall–Kier alpha value is -2.22. The van der Waals surface area contributed by atoms with Gasteiger partial charge in [0.15, 0.2) is 0 Å². The SMILES string of the molecule is Cc1c(C(N)=O)sc2nc(C)n(CCC(=O)O)c(=O)c12. The fourth-order valence-corrected chi connectivity index (χ4v) is 3.09. The second-order valence-corrected chi connectivity index (χ2v) is 5.36. The third kappa shape index (κ3) is 2.29. The van der Waals surface area contributed by atoms with E-state index in [0.29, 0.717) is 26.5 Å². The van der Waals surface area contributed by atoms with E-state index in [2.05, 4.69) is 4.98 Å². The third-order valence-corrected chi connectivity index (χ3v) is 4.21. The summed E-state index contributed by atoms with van der Waals surface area (Å²) in [7, 11) is 0. The van der Waals surface area contributed by atoms with Gasteiger partial charge in [-0.25, -0.2) is 4.98 Å². The van der Waals surface area contributed by atoms with E-state index in [1.807, 2.05) is 0 Å². The molecule has 2 aromatic heterocycles. The maximum Gasteiger partial charge on any atom is 0.305 e. The normalized spacial score (nSPS) is 10.9. The average molecular weight is 295 g/mol. The molecule has 2 aromatic rings. The number of nitrogens with zero attached hydrogens (tertiary/aromatic N) is 2. The van der Waals surface area contributed by atoms with Gasteiger partial charge in [-0.2, -0.15) is 0 Å². The highest BCUT2D eigenvalue weighted by Crippen LogP contribution is 2.26. The molecule has 20 heavy (non-hydrogen) atoms. The van der Waals surface area contributed by atoms with E-state index in [1.165, 1.54) is 4.57 Å². The topological polar surface area (TPSA) is 115 Å². The molecular formula is C12H13N3O4S. The van der Waals surface area contributed by atoms with Crippen LogP contribution in [-0.4, -0.2) is 26.5 Å². The first-order valence-corrected chi connectivity index (χ1v) is 6.66. The van der Waals surface area contributed by atoms with Gasteiger partial charge in [0.05, 0.1) is 16.7 Å². The molecule has 0 unspecified atom stereocenters. The Balaban J connectivity index is 2.68. The Morgan fingerprint density at radius 3 is 2.60 bits per heavy atom. The number of primary amides is 1. The van der Waals surface area contributed by atoms with Crippen molar-refractivity contribution in [3.63, 3.8) is 0 Å². The molecule has 1 amide bonds. The lowest BCUT2D eigenvalue weighted by Crippen LogP contribution is -2.25. The Morgan fingerprint density at radius 1 is 1.40 bits per heavy atom. The zero-order valence-corrected chi connectivity index (χ0v) is 11.8. The van der Waals surface area contributed by atoms with Crippen LogP contribution in [0.3, 0.4) is 0 Å². The molecule has 0 radical (unpaired) electrons. The van der Waals surface area contributed by atoms with Gasteiger partial charge in [-0.1, -0.05) is 0 Å². The Kier molecular flexibility index (Phi) is 3.58. The second kappa shape index (κ2) is 5.04.